The van der Waals surface area contributed by atoms with Gasteiger partial charge in [-0.25, -0.2) is 8.42 Å². The summed E-state index contributed by atoms with van der Waals surface area (Å²) in [6.07, 6.45) is 6.91. The van der Waals surface area contributed by atoms with Crippen molar-refractivity contribution in [3.63, 3.8) is 0 Å². The molecule has 0 aliphatic heterocycles. The molecule has 23 heavy (non-hydrogen) atoms. The van der Waals surface area contributed by atoms with Crippen molar-refractivity contribution >= 4 is 29.3 Å². The summed E-state index contributed by atoms with van der Waals surface area (Å²) >= 11 is 3.90. The first-order valence-electron chi connectivity index (χ1n) is 8.08. The van der Waals surface area contributed by atoms with Crippen molar-refractivity contribution in [1.82, 2.24) is 0 Å². The fraction of sp³-hybridized carbons (Fsp3) is 0.733. The molecule has 0 saturated heterocycles. The zero-order valence-corrected chi connectivity index (χ0v) is 17.1. The molecule has 1 aliphatic carbocycles. The Kier molecular flexibility index (Phi) is 8.02. The minimum atomic E-state index is -3.57. The number of thiol groups is 1. The van der Waals surface area contributed by atoms with E-state index < -0.39 is 22.4 Å². The lowest BCUT2D eigenvalue weighted by Crippen LogP contribution is -2.51. The van der Waals surface area contributed by atoms with Gasteiger partial charge in [-0.05, 0) is 45.3 Å². The molecule has 0 saturated carbocycles. The van der Waals surface area contributed by atoms with Crippen molar-refractivity contribution in [3.05, 3.63) is 23.4 Å². The molecule has 134 valence electrons. The van der Waals surface area contributed by atoms with Crippen LogP contribution in [0.3, 0.4) is 0 Å². The molecule has 5 nitrogen and oxygen atoms in total. The van der Waals surface area contributed by atoms with Crippen LogP contribution in [0.4, 0.5) is 0 Å². The Morgan fingerprint density at radius 3 is 2.04 bits per heavy atom. The van der Waals surface area contributed by atoms with Gasteiger partial charge in [0.1, 0.15) is 4.75 Å². The average molecular weight is 381 g/mol. The normalized spacial score (nSPS) is 22.2. The van der Waals surface area contributed by atoms with Crippen LogP contribution in [0.5, 0.6) is 0 Å². The maximum absolute atomic E-state index is 12.3. The lowest BCUT2D eigenvalue weighted by molar-refractivity contribution is 0.0793. The first-order valence-corrected chi connectivity index (χ1v) is 12.3. The largest absolute Gasteiger partial charge is 0.533 e. The molecular weight excluding hydrogens is 352 g/mol. The van der Waals surface area contributed by atoms with Crippen molar-refractivity contribution in [1.29, 1.82) is 0 Å². The maximum Gasteiger partial charge on any atom is 0.533 e. The quantitative estimate of drug-likeness (QED) is 0.358. The van der Waals surface area contributed by atoms with Crippen LogP contribution < -0.4 is 0 Å². The molecule has 0 N–H and O–H groups in total. The van der Waals surface area contributed by atoms with Gasteiger partial charge in [-0.1, -0.05) is 31.6 Å². The minimum absolute atomic E-state index is 0.301. The fourth-order valence-electron chi connectivity index (χ4n) is 2.86. The third-order valence-corrected chi connectivity index (χ3v) is 9.51. The first-order chi connectivity index (χ1) is 10.8. The van der Waals surface area contributed by atoms with E-state index in [1.54, 1.807) is 12.2 Å². The van der Waals surface area contributed by atoms with Gasteiger partial charge in [-0.2, -0.15) is 0 Å². The Balaban J connectivity index is 3.29. The molecular formula is C15H28O5S2Si. The maximum atomic E-state index is 12.3. The van der Waals surface area contributed by atoms with E-state index in [2.05, 4.69) is 11.7 Å². The molecule has 0 bridgehead atoms. The second-order valence-electron chi connectivity index (χ2n) is 5.37. The van der Waals surface area contributed by atoms with Crippen LogP contribution in [0, 0.1) is 0 Å². The summed E-state index contributed by atoms with van der Waals surface area (Å²) in [5, 5.41) is 0.802. The van der Waals surface area contributed by atoms with Gasteiger partial charge in [-0.15, -0.1) is 0 Å². The Labute approximate surface area is 146 Å². The summed E-state index contributed by atoms with van der Waals surface area (Å²) in [7, 11) is -6.65. The molecule has 8 heteroatoms. The topological polar surface area (TPSA) is 61.8 Å². The predicted molar refractivity (Wildman–Crippen MR) is 98.0 cm³/mol. The minimum Gasteiger partial charge on any atom is -0.370 e. The van der Waals surface area contributed by atoms with Gasteiger partial charge in [0.15, 0.2) is 0 Å². The molecule has 0 amide bonds. The lowest BCUT2D eigenvalue weighted by Gasteiger charge is -2.37. The Morgan fingerprint density at radius 2 is 1.65 bits per heavy atom. The summed E-state index contributed by atoms with van der Waals surface area (Å²) in [5.41, 5.74) is 0. The molecule has 1 unspecified atom stereocenters. The molecule has 0 fully saturated rings. The predicted octanol–water partition coefficient (Wildman–Crippen LogP) is 3.26. The zero-order chi connectivity index (χ0) is 17.6. The van der Waals surface area contributed by atoms with Gasteiger partial charge in [0.05, 0.1) is 0 Å². The lowest BCUT2D eigenvalue weighted by atomic mass is 9.94. The highest BCUT2D eigenvalue weighted by Gasteiger charge is 2.51. The second kappa shape index (κ2) is 8.82. The van der Waals surface area contributed by atoms with Gasteiger partial charge < -0.3 is 13.3 Å². The summed E-state index contributed by atoms with van der Waals surface area (Å²) in [6, 6.07) is 0. The fourth-order valence-corrected chi connectivity index (χ4v) is 7.47. The van der Waals surface area contributed by atoms with E-state index in [9.17, 15) is 8.42 Å². The Morgan fingerprint density at radius 1 is 1.13 bits per heavy atom. The van der Waals surface area contributed by atoms with Crippen molar-refractivity contribution in [3.8, 4) is 0 Å². The molecule has 0 heterocycles. The highest BCUT2D eigenvalue weighted by Crippen LogP contribution is 2.40. The van der Waals surface area contributed by atoms with E-state index >= 15 is 0 Å². The van der Waals surface area contributed by atoms with Gasteiger partial charge >= 0.3 is 8.80 Å². The first kappa shape index (κ1) is 20.9. The van der Waals surface area contributed by atoms with E-state index in [4.69, 9.17) is 13.3 Å². The number of allylic oxidation sites excluding steroid dienone is 3. The van der Waals surface area contributed by atoms with Crippen LogP contribution in [-0.4, -0.2) is 41.8 Å². The zero-order valence-electron chi connectivity index (χ0n) is 14.4. The molecule has 0 aromatic rings. The van der Waals surface area contributed by atoms with Crippen LogP contribution >= 0.6 is 11.7 Å². The van der Waals surface area contributed by atoms with Gasteiger partial charge in [0.25, 0.3) is 0 Å². The highest BCUT2D eigenvalue weighted by molar-refractivity contribution is 8.64. The van der Waals surface area contributed by atoms with Crippen molar-refractivity contribution < 1.29 is 21.7 Å². The Hall–Kier alpha value is -0.123. The van der Waals surface area contributed by atoms with Crippen LogP contribution in [0.25, 0.3) is 0 Å². The van der Waals surface area contributed by atoms with Crippen molar-refractivity contribution in [2.45, 2.75) is 51.7 Å². The van der Waals surface area contributed by atoms with Crippen LogP contribution in [-0.2, 0) is 22.1 Å². The number of rotatable bonds is 10. The van der Waals surface area contributed by atoms with Gasteiger partial charge in [0, 0.05) is 25.0 Å². The van der Waals surface area contributed by atoms with E-state index in [0.717, 1.165) is 11.6 Å². The van der Waals surface area contributed by atoms with Crippen molar-refractivity contribution in [2.24, 2.45) is 0 Å². The number of hydrogen-bond donors (Lipinski definition) is 1. The number of hydrogen-bond acceptors (Lipinski definition) is 5. The van der Waals surface area contributed by atoms with Crippen LogP contribution in [0.15, 0.2) is 23.4 Å². The average Bonchev–Trinajstić information content (AvgIpc) is 2.47. The van der Waals surface area contributed by atoms with Gasteiger partial charge in [-0.3, -0.25) is 0 Å². The SMILES string of the molecule is CCCC1(S(=O)(=O)S)C=CC=C([Si](OCC)(OCC)OCC)C1. The van der Waals surface area contributed by atoms with Crippen LogP contribution in [0.1, 0.15) is 47.0 Å². The molecule has 1 aliphatic rings. The smallest absolute Gasteiger partial charge is 0.370 e. The second-order valence-corrected chi connectivity index (χ2v) is 11.2. The third kappa shape index (κ3) is 4.70. The van der Waals surface area contributed by atoms with Crippen molar-refractivity contribution in [2.75, 3.05) is 19.8 Å². The van der Waals surface area contributed by atoms with E-state index in [-0.39, 0.29) is 0 Å². The van der Waals surface area contributed by atoms with E-state index in [1.807, 2.05) is 33.8 Å². The summed E-state index contributed by atoms with van der Waals surface area (Å²) in [5.74, 6) is 0. The summed E-state index contributed by atoms with van der Waals surface area (Å²) < 4.78 is 41.3. The molecule has 0 spiro atoms. The summed E-state index contributed by atoms with van der Waals surface area (Å²) in [6.45, 7) is 8.95. The molecule has 0 aromatic heterocycles. The summed E-state index contributed by atoms with van der Waals surface area (Å²) in [4.78, 5) is 0. The Bertz CT molecular complexity index is 527. The van der Waals surface area contributed by atoms with Crippen LogP contribution in [0.2, 0.25) is 0 Å². The van der Waals surface area contributed by atoms with Gasteiger partial charge in [0.2, 0.25) is 8.87 Å². The molecule has 0 radical (unpaired) electrons. The molecule has 0 aromatic carbocycles. The third-order valence-electron chi connectivity index (χ3n) is 3.77. The molecule has 1 atom stereocenters. The van der Waals surface area contributed by atoms with E-state index in [0.29, 0.717) is 32.7 Å². The standard InChI is InChI=1S/C15H28O5S2Si/c1-5-11-15(22(16,17)21)12-9-10-14(13-15)23(18-6-2,19-7-3)20-8-4/h9-10,12H,5-8,11,13H2,1-4H3,(H,16,17,21). The monoisotopic (exact) mass is 380 g/mol. The highest BCUT2D eigenvalue weighted by atomic mass is 33.1. The van der Waals surface area contributed by atoms with E-state index in [1.165, 1.54) is 0 Å². The molecule has 1 rings (SSSR count).